The molecular formula is C32H28Cl2N2O5S. The van der Waals surface area contributed by atoms with E-state index in [0.717, 1.165) is 11.1 Å². The zero-order chi connectivity index (χ0) is 29.8. The van der Waals surface area contributed by atoms with Crippen LogP contribution in [-0.4, -0.2) is 23.8 Å². The molecule has 3 aromatic carbocycles. The van der Waals surface area contributed by atoms with E-state index in [1.165, 1.54) is 15.9 Å². The molecule has 0 unspecified atom stereocenters. The van der Waals surface area contributed by atoms with Crippen molar-refractivity contribution in [3.63, 3.8) is 0 Å². The molecule has 216 valence electrons. The number of nitrogens with zero attached hydrogens (tertiary/aromatic N) is 2. The fourth-order valence-electron chi connectivity index (χ4n) is 4.73. The lowest BCUT2D eigenvalue weighted by Gasteiger charge is -2.24. The van der Waals surface area contributed by atoms with Gasteiger partial charge in [-0.2, -0.15) is 0 Å². The summed E-state index contributed by atoms with van der Waals surface area (Å²) in [5, 5.41) is 0.726. The third-order valence-corrected chi connectivity index (χ3v) is 8.06. The van der Waals surface area contributed by atoms with Gasteiger partial charge >= 0.3 is 5.97 Å². The molecule has 42 heavy (non-hydrogen) atoms. The zero-order valence-corrected chi connectivity index (χ0v) is 25.6. The highest BCUT2D eigenvalue weighted by atomic mass is 35.5. The van der Waals surface area contributed by atoms with Gasteiger partial charge in [-0.3, -0.25) is 9.36 Å². The van der Waals surface area contributed by atoms with E-state index >= 15 is 0 Å². The van der Waals surface area contributed by atoms with Crippen LogP contribution in [0.5, 0.6) is 11.5 Å². The summed E-state index contributed by atoms with van der Waals surface area (Å²) in [4.78, 5) is 32.3. The minimum Gasteiger partial charge on any atom is -0.494 e. The van der Waals surface area contributed by atoms with Crippen molar-refractivity contribution in [2.45, 2.75) is 33.4 Å². The number of carbonyl (C=O) groups excluding carboxylic acids is 1. The lowest BCUT2D eigenvalue weighted by Crippen LogP contribution is -2.39. The van der Waals surface area contributed by atoms with Gasteiger partial charge in [0.05, 0.1) is 40.1 Å². The predicted octanol–water partition coefficient (Wildman–Crippen LogP) is 6.08. The summed E-state index contributed by atoms with van der Waals surface area (Å²) in [6.45, 7) is 6.38. The molecular weight excluding hydrogens is 595 g/mol. The topological polar surface area (TPSA) is 79.1 Å². The molecule has 0 spiro atoms. The molecule has 2 heterocycles. The van der Waals surface area contributed by atoms with E-state index in [4.69, 9.17) is 37.4 Å². The van der Waals surface area contributed by atoms with Crippen molar-refractivity contribution in [2.24, 2.45) is 4.99 Å². The Morgan fingerprint density at radius 3 is 2.45 bits per heavy atom. The first-order valence-electron chi connectivity index (χ1n) is 13.4. The van der Waals surface area contributed by atoms with Gasteiger partial charge in [0.15, 0.2) is 4.80 Å². The van der Waals surface area contributed by atoms with E-state index in [1.54, 1.807) is 32.1 Å². The summed E-state index contributed by atoms with van der Waals surface area (Å²) in [7, 11) is 0. The van der Waals surface area contributed by atoms with Gasteiger partial charge in [0, 0.05) is 10.6 Å². The second-order valence-corrected chi connectivity index (χ2v) is 11.2. The summed E-state index contributed by atoms with van der Waals surface area (Å²) >= 11 is 14.1. The van der Waals surface area contributed by atoms with Crippen molar-refractivity contribution in [2.75, 3.05) is 13.2 Å². The van der Waals surface area contributed by atoms with Crippen LogP contribution in [0.3, 0.4) is 0 Å². The number of carbonyl (C=O) groups is 1. The van der Waals surface area contributed by atoms with E-state index < -0.39 is 12.0 Å². The number of fused-ring (bicyclic) bond motifs is 1. The van der Waals surface area contributed by atoms with Gasteiger partial charge in [-0.25, -0.2) is 9.79 Å². The Hall–Kier alpha value is -3.85. The molecule has 1 aliphatic heterocycles. The van der Waals surface area contributed by atoms with E-state index in [2.05, 4.69) is 4.99 Å². The summed E-state index contributed by atoms with van der Waals surface area (Å²) < 4.78 is 19.0. The number of benzene rings is 3. The fraction of sp³-hybridized carbons (Fsp3) is 0.219. The highest BCUT2D eigenvalue weighted by Crippen LogP contribution is 2.34. The first-order chi connectivity index (χ1) is 20.3. The van der Waals surface area contributed by atoms with Gasteiger partial charge in [0.2, 0.25) is 0 Å². The third kappa shape index (κ3) is 6.16. The van der Waals surface area contributed by atoms with Crippen molar-refractivity contribution in [3.05, 3.63) is 124 Å². The van der Waals surface area contributed by atoms with Crippen LogP contribution < -0.4 is 24.4 Å². The van der Waals surface area contributed by atoms with Gasteiger partial charge in [-0.05, 0) is 62.2 Å². The third-order valence-electron chi connectivity index (χ3n) is 6.57. The molecule has 7 nitrogen and oxygen atoms in total. The number of aromatic nitrogens is 1. The molecule has 1 atom stereocenters. The standard InChI is InChI=1S/C32H28Cl2N2O5S/c1-4-39-24-13-11-21(12-14-24)28-27(31(38)40-5-2)19(3)35-32-36(28)30(37)26(42-32)16-22-15-23(33)17-25(34)29(22)41-18-20-9-7-6-8-10-20/h6-17,28H,4-5,18H2,1-3H3/b26-16-/t28-/m1/s1. The van der Waals surface area contributed by atoms with Crippen LogP contribution >= 0.6 is 34.5 Å². The van der Waals surface area contributed by atoms with E-state index in [9.17, 15) is 9.59 Å². The molecule has 0 bridgehead atoms. The molecule has 5 rings (SSSR count). The molecule has 0 aliphatic carbocycles. The maximum absolute atomic E-state index is 14.0. The Labute approximate surface area is 256 Å². The van der Waals surface area contributed by atoms with Gasteiger partial charge in [-0.15, -0.1) is 0 Å². The Bertz CT molecular complexity index is 1830. The van der Waals surface area contributed by atoms with E-state index in [0.29, 0.717) is 54.3 Å². The average Bonchev–Trinajstić information content (AvgIpc) is 3.27. The van der Waals surface area contributed by atoms with Gasteiger partial charge in [0.1, 0.15) is 18.1 Å². The van der Waals surface area contributed by atoms with Crippen LogP contribution in [0.2, 0.25) is 10.0 Å². The number of rotatable bonds is 9. The van der Waals surface area contributed by atoms with Crippen molar-refractivity contribution in [1.82, 2.24) is 4.57 Å². The predicted molar refractivity (Wildman–Crippen MR) is 165 cm³/mol. The molecule has 0 amide bonds. The number of hydrogen-bond donors (Lipinski definition) is 0. The molecule has 0 radical (unpaired) electrons. The molecule has 4 aromatic rings. The number of thiazole rings is 1. The van der Waals surface area contributed by atoms with Crippen LogP contribution in [0.25, 0.3) is 6.08 Å². The second kappa shape index (κ2) is 13.0. The quantitative estimate of drug-likeness (QED) is 0.211. The van der Waals surface area contributed by atoms with Crippen LogP contribution in [0.15, 0.2) is 87.8 Å². The minimum absolute atomic E-state index is 0.192. The summed E-state index contributed by atoms with van der Waals surface area (Å²) in [6.07, 6.45) is 1.69. The Morgan fingerprint density at radius 2 is 1.76 bits per heavy atom. The Kier molecular flexibility index (Phi) is 9.16. The molecule has 0 N–H and O–H groups in total. The highest BCUT2D eigenvalue weighted by Gasteiger charge is 2.33. The largest absolute Gasteiger partial charge is 0.494 e. The molecule has 0 saturated heterocycles. The monoisotopic (exact) mass is 622 g/mol. The normalized spacial score (nSPS) is 14.8. The second-order valence-electron chi connectivity index (χ2n) is 9.38. The van der Waals surface area contributed by atoms with Gasteiger partial charge < -0.3 is 14.2 Å². The molecule has 1 aliphatic rings. The first kappa shape index (κ1) is 29.6. The van der Waals surface area contributed by atoms with Gasteiger partial charge in [0.25, 0.3) is 5.56 Å². The minimum atomic E-state index is -0.741. The number of allylic oxidation sites excluding steroid dienone is 1. The number of hydrogen-bond acceptors (Lipinski definition) is 7. The average molecular weight is 624 g/mol. The zero-order valence-electron chi connectivity index (χ0n) is 23.2. The summed E-state index contributed by atoms with van der Waals surface area (Å²) in [6, 6.07) is 19.6. The maximum Gasteiger partial charge on any atom is 0.338 e. The van der Waals surface area contributed by atoms with Crippen LogP contribution in [-0.2, 0) is 16.1 Å². The highest BCUT2D eigenvalue weighted by molar-refractivity contribution is 7.07. The lowest BCUT2D eigenvalue weighted by molar-refractivity contribution is -0.139. The Morgan fingerprint density at radius 1 is 1.02 bits per heavy atom. The smallest absolute Gasteiger partial charge is 0.338 e. The molecule has 1 aromatic heterocycles. The van der Waals surface area contributed by atoms with Crippen LogP contribution in [0.1, 0.15) is 43.5 Å². The van der Waals surface area contributed by atoms with E-state index in [-0.39, 0.29) is 18.8 Å². The van der Waals surface area contributed by atoms with Crippen molar-refractivity contribution in [3.8, 4) is 11.5 Å². The summed E-state index contributed by atoms with van der Waals surface area (Å²) in [5.74, 6) is 0.570. The summed E-state index contributed by atoms with van der Waals surface area (Å²) in [5.41, 5.74) is 2.70. The van der Waals surface area contributed by atoms with Crippen molar-refractivity contribution < 1.29 is 19.0 Å². The van der Waals surface area contributed by atoms with Crippen LogP contribution in [0, 0.1) is 0 Å². The Balaban J connectivity index is 1.64. The maximum atomic E-state index is 14.0. The molecule has 0 saturated carbocycles. The molecule has 0 fully saturated rings. The van der Waals surface area contributed by atoms with Crippen molar-refractivity contribution >= 4 is 46.6 Å². The molecule has 10 heteroatoms. The number of halogens is 2. The number of ether oxygens (including phenoxy) is 3. The fourth-order valence-corrected chi connectivity index (χ4v) is 6.33. The van der Waals surface area contributed by atoms with Crippen molar-refractivity contribution in [1.29, 1.82) is 0 Å². The first-order valence-corrected chi connectivity index (χ1v) is 15.0. The number of esters is 1. The SMILES string of the molecule is CCOC(=O)C1=C(C)N=c2s/c(=C\c3cc(Cl)cc(Cl)c3OCc3ccccc3)c(=O)n2[C@@H]1c1ccc(OCC)cc1. The van der Waals surface area contributed by atoms with E-state index in [1.807, 2.05) is 61.5 Å². The lowest BCUT2D eigenvalue weighted by atomic mass is 9.96. The van der Waals surface area contributed by atoms with Gasteiger partial charge in [-0.1, -0.05) is 77.0 Å². The van der Waals surface area contributed by atoms with Crippen LogP contribution in [0.4, 0.5) is 0 Å².